The van der Waals surface area contributed by atoms with E-state index < -0.39 is 18.5 Å². The van der Waals surface area contributed by atoms with E-state index in [4.69, 9.17) is 9.47 Å². The van der Waals surface area contributed by atoms with E-state index in [9.17, 15) is 14.0 Å². The zero-order valence-corrected chi connectivity index (χ0v) is 19.1. The first-order chi connectivity index (χ1) is 16.0. The number of nitrogens with zero attached hydrogens (tertiary/aromatic N) is 2. The number of carbonyl (C=O) groups is 2. The number of hydrogen-bond acceptors (Lipinski definition) is 6. The first-order valence-electron chi connectivity index (χ1n) is 10.7. The van der Waals surface area contributed by atoms with Crippen LogP contribution in [-0.2, 0) is 20.8 Å². The molecule has 1 saturated heterocycles. The number of ether oxygens (including phenoxy) is 2. The molecule has 1 amide bonds. The third-order valence-corrected chi connectivity index (χ3v) is 6.59. The van der Waals surface area contributed by atoms with Crippen molar-refractivity contribution in [1.29, 1.82) is 0 Å². The molecule has 0 aliphatic carbocycles. The van der Waals surface area contributed by atoms with E-state index >= 15 is 0 Å². The van der Waals surface area contributed by atoms with Gasteiger partial charge >= 0.3 is 5.97 Å². The normalized spacial score (nSPS) is 13.6. The van der Waals surface area contributed by atoms with Crippen LogP contribution in [0.25, 0.3) is 11.1 Å². The van der Waals surface area contributed by atoms with Crippen molar-refractivity contribution in [3.63, 3.8) is 0 Å². The van der Waals surface area contributed by atoms with Crippen LogP contribution in [0, 0.1) is 5.82 Å². The van der Waals surface area contributed by atoms with Gasteiger partial charge in [-0.05, 0) is 17.7 Å². The lowest BCUT2D eigenvalue weighted by molar-refractivity contribution is -0.133. The summed E-state index contributed by atoms with van der Waals surface area (Å²) in [6.07, 6.45) is 0. The van der Waals surface area contributed by atoms with Crippen molar-refractivity contribution in [2.75, 3.05) is 44.9 Å². The molecular formula is C25H25FN2O4S. The van der Waals surface area contributed by atoms with Crippen molar-refractivity contribution in [3.8, 4) is 11.1 Å². The molecule has 33 heavy (non-hydrogen) atoms. The molecule has 0 unspecified atom stereocenters. The van der Waals surface area contributed by atoms with Crippen molar-refractivity contribution in [2.24, 2.45) is 0 Å². The number of morpholine rings is 1. The molecule has 172 valence electrons. The lowest BCUT2D eigenvalue weighted by atomic mass is 10.1. The van der Waals surface area contributed by atoms with E-state index in [1.54, 1.807) is 25.2 Å². The average Bonchev–Trinajstić information content (AvgIpc) is 3.30. The number of amides is 1. The van der Waals surface area contributed by atoms with Crippen molar-refractivity contribution in [3.05, 3.63) is 76.9 Å². The summed E-state index contributed by atoms with van der Waals surface area (Å²) < 4.78 is 24.6. The predicted octanol–water partition coefficient (Wildman–Crippen LogP) is 4.21. The Bertz CT molecular complexity index is 1110. The molecule has 0 saturated carbocycles. The number of rotatable bonds is 7. The maximum Gasteiger partial charge on any atom is 0.348 e. The lowest BCUT2D eigenvalue weighted by Crippen LogP contribution is -2.35. The number of esters is 1. The van der Waals surface area contributed by atoms with Crippen LogP contribution in [0.4, 0.5) is 9.39 Å². The van der Waals surface area contributed by atoms with Crippen LogP contribution < -0.4 is 4.90 Å². The molecule has 0 spiro atoms. The Morgan fingerprint density at radius 2 is 1.79 bits per heavy atom. The molecule has 1 aromatic heterocycles. The second kappa shape index (κ2) is 10.6. The number of hydrogen-bond donors (Lipinski definition) is 0. The molecule has 1 aliphatic rings. The minimum atomic E-state index is -0.552. The maximum atomic E-state index is 13.8. The third kappa shape index (κ3) is 5.58. The van der Waals surface area contributed by atoms with Gasteiger partial charge in [-0.1, -0.05) is 48.5 Å². The Labute approximate surface area is 196 Å². The predicted molar refractivity (Wildman–Crippen MR) is 126 cm³/mol. The highest BCUT2D eigenvalue weighted by Crippen LogP contribution is 2.39. The Balaban J connectivity index is 1.45. The fraction of sp³-hybridized carbons (Fsp3) is 0.280. The van der Waals surface area contributed by atoms with Gasteiger partial charge in [-0.3, -0.25) is 4.79 Å². The molecule has 8 heteroatoms. The minimum Gasteiger partial charge on any atom is -0.451 e. The fourth-order valence-corrected chi connectivity index (χ4v) is 4.71. The highest BCUT2D eigenvalue weighted by Gasteiger charge is 2.23. The maximum absolute atomic E-state index is 13.8. The van der Waals surface area contributed by atoms with Gasteiger partial charge in [-0.15, -0.1) is 11.3 Å². The summed E-state index contributed by atoms with van der Waals surface area (Å²) in [5.74, 6) is -1.33. The number of likely N-dealkylation sites (N-methyl/N-ethyl adjacent to an activating group) is 1. The SMILES string of the molecule is CN(Cc1ccccc1F)C(=O)COC(=O)c1cc(-c2ccccc2)c(N2CCOCC2)s1. The summed E-state index contributed by atoms with van der Waals surface area (Å²) >= 11 is 1.35. The lowest BCUT2D eigenvalue weighted by Gasteiger charge is -2.28. The summed E-state index contributed by atoms with van der Waals surface area (Å²) in [5, 5.41) is 0.986. The topological polar surface area (TPSA) is 59.1 Å². The number of thiophene rings is 1. The van der Waals surface area contributed by atoms with E-state index in [-0.39, 0.29) is 12.4 Å². The van der Waals surface area contributed by atoms with Gasteiger partial charge in [0.2, 0.25) is 0 Å². The van der Waals surface area contributed by atoms with Crippen LogP contribution >= 0.6 is 11.3 Å². The van der Waals surface area contributed by atoms with E-state index in [0.717, 1.165) is 29.2 Å². The first-order valence-corrected chi connectivity index (χ1v) is 11.5. The van der Waals surface area contributed by atoms with Gasteiger partial charge in [0.15, 0.2) is 6.61 Å². The smallest absolute Gasteiger partial charge is 0.348 e. The Kier molecular flexibility index (Phi) is 7.36. The van der Waals surface area contributed by atoms with Crippen molar-refractivity contribution >= 4 is 28.2 Å². The summed E-state index contributed by atoms with van der Waals surface area (Å²) in [5.41, 5.74) is 2.37. The largest absolute Gasteiger partial charge is 0.451 e. The first kappa shape index (κ1) is 22.9. The van der Waals surface area contributed by atoms with Crippen LogP contribution in [0.15, 0.2) is 60.7 Å². The van der Waals surface area contributed by atoms with Crippen molar-refractivity contribution < 1.29 is 23.5 Å². The Hall–Kier alpha value is -3.23. The Morgan fingerprint density at radius 3 is 2.52 bits per heavy atom. The number of benzene rings is 2. The van der Waals surface area contributed by atoms with Gasteiger partial charge < -0.3 is 19.3 Å². The standard InChI is InChI=1S/C25H25FN2O4S/c1-27(16-19-9-5-6-10-21(19)26)23(29)17-32-25(30)22-15-20(18-7-3-2-4-8-18)24(33-22)28-11-13-31-14-12-28/h2-10,15H,11-14,16-17H2,1H3. The van der Waals surface area contributed by atoms with Gasteiger partial charge in [0.05, 0.1) is 18.2 Å². The van der Waals surface area contributed by atoms with E-state index in [2.05, 4.69) is 4.90 Å². The number of carbonyl (C=O) groups excluding carboxylic acids is 2. The Morgan fingerprint density at radius 1 is 1.09 bits per heavy atom. The zero-order chi connectivity index (χ0) is 23.2. The van der Waals surface area contributed by atoms with Crippen LogP contribution in [0.3, 0.4) is 0 Å². The second-order valence-electron chi connectivity index (χ2n) is 7.71. The highest BCUT2D eigenvalue weighted by molar-refractivity contribution is 7.18. The molecule has 0 N–H and O–H groups in total. The fourth-order valence-electron chi connectivity index (χ4n) is 3.59. The quantitative estimate of drug-likeness (QED) is 0.487. The van der Waals surface area contributed by atoms with E-state index in [1.165, 1.54) is 22.3 Å². The molecule has 0 bridgehead atoms. The van der Waals surface area contributed by atoms with E-state index in [0.29, 0.717) is 23.7 Å². The van der Waals surface area contributed by atoms with Gasteiger partial charge in [-0.25, -0.2) is 9.18 Å². The van der Waals surface area contributed by atoms with Crippen molar-refractivity contribution in [1.82, 2.24) is 4.90 Å². The van der Waals surface area contributed by atoms with E-state index in [1.807, 2.05) is 36.4 Å². The summed E-state index contributed by atoms with van der Waals surface area (Å²) in [6.45, 7) is 2.45. The van der Waals surface area contributed by atoms with Crippen LogP contribution in [-0.4, -0.2) is 56.7 Å². The molecule has 4 rings (SSSR count). The van der Waals surface area contributed by atoms with Gasteiger partial charge in [0, 0.05) is 37.8 Å². The molecule has 2 heterocycles. The number of anilines is 1. The van der Waals surface area contributed by atoms with Crippen LogP contribution in [0.2, 0.25) is 0 Å². The van der Waals surface area contributed by atoms with Gasteiger partial charge in [0.25, 0.3) is 5.91 Å². The minimum absolute atomic E-state index is 0.0986. The van der Waals surface area contributed by atoms with Gasteiger partial charge in [0.1, 0.15) is 10.7 Å². The molecule has 1 fully saturated rings. The van der Waals surface area contributed by atoms with Crippen LogP contribution in [0.5, 0.6) is 0 Å². The summed E-state index contributed by atoms with van der Waals surface area (Å²) in [6, 6.07) is 18.0. The second-order valence-corrected chi connectivity index (χ2v) is 8.74. The monoisotopic (exact) mass is 468 g/mol. The third-order valence-electron chi connectivity index (χ3n) is 5.41. The molecule has 6 nitrogen and oxygen atoms in total. The molecular weight excluding hydrogens is 443 g/mol. The number of halogens is 1. The molecule has 0 atom stereocenters. The summed E-state index contributed by atoms with van der Waals surface area (Å²) in [4.78, 5) is 29.2. The van der Waals surface area contributed by atoms with Crippen LogP contribution in [0.1, 0.15) is 15.2 Å². The highest BCUT2D eigenvalue weighted by atomic mass is 32.1. The average molecular weight is 469 g/mol. The summed E-state index contributed by atoms with van der Waals surface area (Å²) in [7, 11) is 1.55. The van der Waals surface area contributed by atoms with Gasteiger partial charge in [-0.2, -0.15) is 0 Å². The molecule has 0 radical (unpaired) electrons. The molecule has 3 aromatic rings. The zero-order valence-electron chi connectivity index (χ0n) is 18.3. The molecule has 1 aliphatic heterocycles. The van der Waals surface area contributed by atoms with Crippen molar-refractivity contribution in [2.45, 2.75) is 6.54 Å². The molecule has 2 aromatic carbocycles.